The summed E-state index contributed by atoms with van der Waals surface area (Å²) >= 11 is 11.9. The SMILES string of the molecule is Cc1cc(Cl)c(S(=O)(=O)N/N=C/c2ccc(O)cc2)c(Cl)c1. The van der Waals surface area contributed by atoms with Crippen LogP contribution in [0, 0.1) is 6.92 Å². The highest BCUT2D eigenvalue weighted by Gasteiger charge is 2.21. The maximum Gasteiger partial charge on any atom is 0.279 e. The number of hydrogen-bond acceptors (Lipinski definition) is 4. The number of hydrogen-bond donors (Lipinski definition) is 2. The lowest BCUT2D eigenvalue weighted by Crippen LogP contribution is -2.19. The van der Waals surface area contributed by atoms with Gasteiger partial charge in [0.2, 0.25) is 0 Å². The van der Waals surface area contributed by atoms with E-state index in [4.69, 9.17) is 28.3 Å². The zero-order valence-electron chi connectivity index (χ0n) is 11.4. The van der Waals surface area contributed by atoms with Crippen molar-refractivity contribution >= 4 is 39.4 Å². The Morgan fingerprint density at radius 2 is 1.68 bits per heavy atom. The molecule has 0 saturated heterocycles. The van der Waals surface area contributed by atoms with E-state index in [0.717, 1.165) is 5.56 Å². The second kappa shape index (κ2) is 6.56. The van der Waals surface area contributed by atoms with Crippen LogP contribution in [-0.2, 0) is 10.0 Å². The quantitative estimate of drug-likeness (QED) is 0.649. The number of sulfonamides is 1. The van der Waals surface area contributed by atoms with Gasteiger partial charge in [0.05, 0.1) is 16.3 Å². The van der Waals surface area contributed by atoms with Gasteiger partial charge >= 0.3 is 0 Å². The number of rotatable bonds is 4. The minimum atomic E-state index is -3.98. The zero-order chi connectivity index (χ0) is 16.3. The maximum atomic E-state index is 12.2. The van der Waals surface area contributed by atoms with Gasteiger partial charge in [-0.25, -0.2) is 0 Å². The molecule has 2 rings (SSSR count). The second-order valence-corrected chi connectivity index (χ2v) is 6.91. The summed E-state index contributed by atoms with van der Waals surface area (Å²) < 4.78 is 24.4. The lowest BCUT2D eigenvalue weighted by molar-refractivity contribution is 0.475. The summed E-state index contributed by atoms with van der Waals surface area (Å²) in [6.07, 6.45) is 1.30. The highest BCUT2D eigenvalue weighted by molar-refractivity contribution is 7.89. The molecule has 2 aromatic carbocycles. The van der Waals surface area contributed by atoms with Crippen LogP contribution in [0.25, 0.3) is 0 Å². The minimum Gasteiger partial charge on any atom is -0.508 e. The van der Waals surface area contributed by atoms with E-state index < -0.39 is 10.0 Å². The van der Waals surface area contributed by atoms with E-state index >= 15 is 0 Å². The van der Waals surface area contributed by atoms with Crippen LogP contribution in [0.1, 0.15) is 11.1 Å². The van der Waals surface area contributed by atoms with E-state index in [1.54, 1.807) is 19.1 Å². The van der Waals surface area contributed by atoms with Crippen molar-refractivity contribution in [3.63, 3.8) is 0 Å². The van der Waals surface area contributed by atoms with E-state index in [1.165, 1.54) is 30.5 Å². The first-order chi connectivity index (χ1) is 10.3. The summed E-state index contributed by atoms with van der Waals surface area (Å²) in [6.45, 7) is 1.75. The van der Waals surface area contributed by atoms with Crippen LogP contribution in [0.2, 0.25) is 10.0 Å². The van der Waals surface area contributed by atoms with Crippen molar-refractivity contribution in [3.8, 4) is 5.75 Å². The molecule has 0 atom stereocenters. The van der Waals surface area contributed by atoms with E-state index in [9.17, 15) is 8.42 Å². The van der Waals surface area contributed by atoms with Gasteiger partial charge in [-0.15, -0.1) is 0 Å². The van der Waals surface area contributed by atoms with Crippen LogP contribution in [0.15, 0.2) is 46.4 Å². The fourth-order valence-electron chi connectivity index (χ4n) is 1.72. The fourth-order valence-corrected chi connectivity index (χ4v) is 3.84. The van der Waals surface area contributed by atoms with E-state index in [-0.39, 0.29) is 20.7 Å². The standard InChI is InChI=1S/C14H12Cl2N2O3S/c1-9-6-12(15)14(13(16)7-9)22(20,21)18-17-8-10-2-4-11(19)5-3-10/h2-8,18-19H,1H3/b17-8+. The third kappa shape index (κ3) is 3.91. The van der Waals surface area contributed by atoms with Crippen molar-refractivity contribution in [1.82, 2.24) is 4.83 Å². The predicted octanol–water partition coefficient (Wildman–Crippen LogP) is 3.32. The molecule has 0 fully saturated rings. The van der Waals surface area contributed by atoms with Crippen molar-refractivity contribution in [2.75, 3.05) is 0 Å². The number of phenols is 1. The molecule has 0 aliphatic heterocycles. The molecule has 0 unspecified atom stereocenters. The van der Waals surface area contributed by atoms with Crippen LogP contribution in [0.4, 0.5) is 0 Å². The zero-order valence-corrected chi connectivity index (χ0v) is 13.7. The lowest BCUT2D eigenvalue weighted by atomic mass is 10.2. The highest BCUT2D eigenvalue weighted by atomic mass is 35.5. The Bertz CT molecular complexity index is 795. The normalized spacial score (nSPS) is 11.8. The monoisotopic (exact) mass is 358 g/mol. The Hall–Kier alpha value is -1.76. The van der Waals surface area contributed by atoms with Gasteiger partial charge in [-0.05, 0) is 54.4 Å². The number of aryl methyl sites for hydroxylation is 1. The van der Waals surface area contributed by atoms with Crippen LogP contribution < -0.4 is 4.83 Å². The van der Waals surface area contributed by atoms with Gasteiger partial charge < -0.3 is 5.11 Å². The van der Waals surface area contributed by atoms with Crippen LogP contribution in [0.5, 0.6) is 5.75 Å². The molecule has 0 spiro atoms. The molecule has 0 bridgehead atoms. The molecule has 8 heteroatoms. The van der Waals surface area contributed by atoms with Gasteiger partial charge in [0.1, 0.15) is 10.6 Å². The Labute approximate surface area is 138 Å². The molecule has 0 aliphatic rings. The first kappa shape index (κ1) is 16.6. The van der Waals surface area contributed by atoms with Gasteiger partial charge in [-0.3, -0.25) is 0 Å². The van der Waals surface area contributed by atoms with Gasteiger partial charge in [0.15, 0.2) is 0 Å². The number of hydrazone groups is 1. The molecular formula is C14H12Cl2N2O3S. The number of phenolic OH excluding ortho intramolecular Hbond substituents is 1. The molecule has 0 aromatic heterocycles. The van der Waals surface area contributed by atoms with Crippen molar-refractivity contribution in [3.05, 3.63) is 57.6 Å². The highest BCUT2D eigenvalue weighted by Crippen LogP contribution is 2.30. The summed E-state index contributed by atoms with van der Waals surface area (Å²) in [6, 6.07) is 9.10. The van der Waals surface area contributed by atoms with Crippen molar-refractivity contribution < 1.29 is 13.5 Å². The van der Waals surface area contributed by atoms with Crippen molar-refractivity contribution in [2.24, 2.45) is 5.10 Å². The molecule has 0 saturated carbocycles. The Morgan fingerprint density at radius 3 is 2.23 bits per heavy atom. The minimum absolute atomic E-state index is 0.0253. The van der Waals surface area contributed by atoms with Gasteiger partial charge in [-0.2, -0.15) is 18.4 Å². The summed E-state index contributed by atoms with van der Waals surface area (Å²) in [5, 5.41) is 12.9. The fraction of sp³-hybridized carbons (Fsp3) is 0.0714. The molecule has 0 amide bonds. The van der Waals surface area contributed by atoms with Gasteiger partial charge in [0, 0.05) is 0 Å². The average Bonchev–Trinajstić information content (AvgIpc) is 2.39. The maximum absolute atomic E-state index is 12.2. The molecule has 22 heavy (non-hydrogen) atoms. The summed E-state index contributed by atoms with van der Waals surface area (Å²) in [5.41, 5.74) is 1.36. The average molecular weight is 359 g/mol. The van der Waals surface area contributed by atoms with E-state index in [1.807, 2.05) is 4.83 Å². The topological polar surface area (TPSA) is 78.8 Å². The van der Waals surface area contributed by atoms with E-state index in [0.29, 0.717) is 5.56 Å². The van der Waals surface area contributed by atoms with Crippen LogP contribution >= 0.6 is 23.2 Å². The first-order valence-electron chi connectivity index (χ1n) is 6.09. The smallest absolute Gasteiger partial charge is 0.279 e. The van der Waals surface area contributed by atoms with Gasteiger partial charge in [-0.1, -0.05) is 23.2 Å². The molecule has 0 aliphatic carbocycles. The molecule has 2 aromatic rings. The molecular weight excluding hydrogens is 347 g/mol. The summed E-state index contributed by atoms with van der Waals surface area (Å²) in [7, 11) is -3.98. The number of nitrogens with zero attached hydrogens (tertiary/aromatic N) is 1. The third-order valence-electron chi connectivity index (χ3n) is 2.69. The largest absolute Gasteiger partial charge is 0.508 e. The number of aromatic hydroxyl groups is 1. The van der Waals surface area contributed by atoms with Crippen molar-refractivity contribution in [1.29, 1.82) is 0 Å². The number of halogens is 2. The molecule has 2 N–H and O–H groups in total. The summed E-state index contributed by atoms with van der Waals surface area (Å²) in [4.78, 5) is 1.83. The summed E-state index contributed by atoms with van der Waals surface area (Å²) in [5.74, 6) is 0.107. The van der Waals surface area contributed by atoms with E-state index in [2.05, 4.69) is 5.10 Å². The predicted molar refractivity (Wildman–Crippen MR) is 87.2 cm³/mol. The Morgan fingerprint density at radius 1 is 1.14 bits per heavy atom. The van der Waals surface area contributed by atoms with Crippen molar-refractivity contribution in [2.45, 2.75) is 11.8 Å². The Balaban J connectivity index is 2.23. The molecule has 0 heterocycles. The number of nitrogens with one attached hydrogen (secondary N) is 1. The molecule has 116 valence electrons. The number of benzene rings is 2. The third-order valence-corrected chi connectivity index (χ3v) is 4.83. The second-order valence-electron chi connectivity index (χ2n) is 4.50. The van der Waals surface area contributed by atoms with Crippen LogP contribution in [0.3, 0.4) is 0 Å². The molecule has 5 nitrogen and oxygen atoms in total. The lowest BCUT2D eigenvalue weighted by Gasteiger charge is -2.08. The van der Waals surface area contributed by atoms with Gasteiger partial charge in [0.25, 0.3) is 10.0 Å². The molecule has 0 radical (unpaired) electrons. The van der Waals surface area contributed by atoms with Crippen LogP contribution in [-0.4, -0.2) is 19.7 Å². The first-order valence-corrected chi connectivity index (χ1v) is 8.33. The Kier molecular flexibility index (Phi) is 4.95.